The molecule has 2 amide bonds. The van der Waals surface area contributed by atoms with Crippen molar-refractivity contribution in [3.8, 4) is 0 Å². The van der Waals surface area contributed by atoms with Crippen LogP contribution in [-0.2, 0) is 24.5 Å². The highest BCUT2D eigenvalue weighted by Crippen LogP contribution is 2.54. The van der Waals surface area contributed by atoms with Crippen molar-refractivity contribution in [1.29, 1.82) is 0 Å². The normalized spacial score (nSPS) is 18.1. The van der Waals surface area contributed by atoms with Crippen LogP contribution in [0.15, 0.2) is 47.4 Å². The number of hydrogen-bond donors (Lipinski definition) is 5. The minimum absolute atomic E-state index is 0.00968. The summed E-state index contributed by atoms with van der Waals surface area (Å²) >= 11 is 1.79. The Morgan fingerprint density at radius 3 is 2.08 bits per heavy atom. The first-order chi connectivity index (χ1) is 16.4. The van der Waals surface area contributed by atoms with Gasteiger partial charge >= 0.3 is 5.97 Å². The first kappa shape index (κ1) is 29.6. The van der Waals surface area contributed by atoms with Gasteiger partial charge in [-0.15, -0.1) is 11.8 Å². The summed E-state index contributed by atoms with van der Waals surface area (Å²) in [5, 5.41) is 15.7. The van der Waals surface area contributed by atoms with Crippen LogP contribution in [0.2, 0.25) is 0 Å². The molecule has 36 heavy (non-hydrogen) atoms. The molecule has 1 fully saturated rings. The van der Waals surface area contributed by atoms with Gasteiger partial charge in [-0.2, -0.15) is 8.42 Å². The number of amides is 2. The lowest BCUT2D eigenvalue weighted by Crippen LogP contribution is -2.68. The Morgan fingerprint density at radius 2 is 1.58 bits per heavy atom. The zero-order valence-electron chi connectivity index (χ0n) is 20.8. The Morgan fingerprint density at radius 1 is 1.03 bits per heavy atom. The number of nitrogens with one attached hydrogen (secondary N) is 2. The maximum atomic E-state index is 12.2. The Kier molecular flexibility index (Phi) is 9.16. The van der Waals surface area contributed by atoms with Crippen molar-refractivity contribution in [2.24, 2.45) is 5.73 Å². The molecule has 12 heteroatoms. The van der Waals surface area contributed by atoms with E-state index >= 15 is 0 Å². The quantitative estimate of drug-likeness (QED) is 0.330. The Balaban J connectivity index is 0.000000278. The van der Waals surface area contributed by atoms with E-state index in [0.29, 0.717) is 0 Å². The summed E-state index contributed by atoms with van der Waals surface area (Å²) < 4.78 is 30.4. The third kappa shape index (κ3) is 7.66. The fourth-order valence-corrected chi connectivity index (χ4v) is 6.81. The van der Waals surface area contributed by atoms with Gasteiger partial charge in [-0.3, -0.25) is 18.9 Å². The summed E-state index contributed by atoms with van der Waals surface area (Å²) in [7, 11) is -4.09. The number of benzene rings is 2. The number of carbonyl (C=O) groups is 3. The number of fused-ring (bicyclic) bond motifs is 1. The standard InChI is InChI=1S/C14H25N3O4S.C10H8O3S/c1-7(16-11(21)8(15)6-9(18)19)10(20)17-12-13(2,3)22-14(12,4)5;11-14(12,13)10-6-5-8-3-1-2-4-9(8)7-10/h7-8,12H,6,15H2,1-5H3,(H,16,21)(H,17,20)(H,18,19);1-7H,(H,11,12,13)/t7-,8+;/m1./s1. The smallest absolute Gasteiger partial charge is 0.305 e. The first-order valence-corrected chi connectivity index (χ1v) is 13.4. The van der Waals surface area contributed by atoms with Crippen molar-refractivity contribution in [3.05, 3.63) is 42.5 Å². The predicted octanol–water partition coefficient (Wildman–Crippen LogP) is 2.17. The summed E-state index contributed by atoms with van der Waals surface area (Å²) in [6.07, 6.45) is -0.473. The molecule has 1 heterocycles. The Labute approximate surface area is 215 Å². The van der Waals surface area contributed by atoms with E-state index < -0.39 is 40.5 Å². The van der Waals surface area contributed by atoms with Gasteiger partial charge in [0.1, 0.15) is 6.04 Å². The van der Waals surface area contributed by atoms with Crippen LogP contribution in [0.5, 0.6) is 0 Å². The molecule has 0 unspecified atom stereocenters. The molecule has 198 valence electrons. The van der Waals surface area contributed by atoms with Crippen molar-refractivity contribution in [2.75, 3.05) is 0 Å². The topological polar surface area (TPSA) is 176 Å². The molecule has 2 aromatic carbocycles. The van der Waals surface area contributed by atoms with E-state index in [2.05, 4.69) is 38.3 Å². The summed E-state index contributed by atoms with van der Waals surface area (Å²) in [5.41, 5.74) is 5.46. The molecule has 6 N–H and O–H groups in total. The average molecular weight is 540 g/mol. The minimum atomic E-state index is -4.09. The number of carboxylic acids is 1. The fraction of sp³-hybridized carbons (Fsp3) is 0.458. The zero-order valence-corrected chi connectivity index (χ0v) is 22.4. The molecule has 0 aromatic heterocycles. The molecule has 1 aliphatic heterocycles. The van der Waals surface area contributed by atoms with E-state index in [4.69, 9.17) is 15.4 Å². The van der Waals surface area contributed by atoms with E-state index in [1.807, 2.05) is 18.2 Å². The number of rotatable bonds is 7. The van der Waals surface area contributed by atoms with Crippen LogP contribution in [0, 0.1) is 0 Å². The summed E-state index contributed by atoms with van der Waals surface area (Å²) in [6, 6.07) is 9.91. The summed E-state index contributed by atoms with van der Waals surface area (Å²) in [6.45, 7) is 9.77. The highest BCUT2D eigenvalue weighted by atomic mass is 32.2. The van der Waals surface area contributed by atoms with Crippen molar-refractivity contribution >= 4 is 50.4 Å². The number of carboxylic acid groups (broad SMARTS) is 1. The second kappa shape index (κ2) is 11.2. The molecule has 1 saturated heterocycles. The predicted molar refractivity (Wildman–Crippen MR) is 139 cm³/mol. The van der Waals surface area contributed by atoms with Crippen LogP contribution in [0.4, 0.5) is 0 Å². The van der Waals surface area contributed by atoms with Crippen LogP contribution in [0.25, 0.3) is 10.8 Å². The van der Waals surface area contributed by atoms with Crippen LogP contribution < -0.4 is 16.4 Å². The monoisotopic (exact) mass is 539 g/mol. The van der Waals surface area contributed by atoms with E-state index in [1.165, 1.54) is 12.1 Å². The lowest BCUT2D eigenvalue weighted by atomic mass is 9.89. The highest BCUT2D eigenvalue weighted by Gasteiger charge is 2.54. The maximum Gasteiger partial charge on any atom is 0.305 e. The van der Waals surface area contributed by atoms with Crippen LogP contribution in [-0.4, -0.2) is 63.5 Å². The number of aliphatic carboxylic acids is 1. The number of carbonyl (C=O) groups excluding carboxylic acids is 2. The lowest BCUT2D eigenvalue weighted by molar-refractivity contribution is -0.139. The molecule has 1 aliphatic rings. The van der Waals surface area contributed by atoms with Gasteiger partial charge in [-0.1, -0.05) is 30.3 Å². The summed E-state index contributed by atoms with van der Waals surface area (Å²) in [4.78, 5) is 34.4. The van der Waals surface area contributed by atoms with Crippen molar-refractivity contribution in [2.45, 2.75) is 73.6 Å². The second-order valence-corrected chi connectivity index (χ2v) is 13.4. The number of nitrogens with two attached hydrogens (primary N) is 1. The third-order valence-corrected chi connectivity index (χ3v) is 8.08. The van der Waals surface area contributed by atoms with Gasteiger partial charge in [-0.25, -0.2) is 0 Å². The Bertz CT molecular complexity index is 1230. The SMILES string of the molecule is C[C@@H](NC(=O)[C@@H](N)CC(=O)O)C(=O)NC1C(C)(C)SC1(C)C.O=S(=O)(O)c1ccc2ccccc2c1. The molecule has 2 aromatic rings. The van der Waals surface area contributed by atoms with Gasteiger partial charge < -0.3 is 21.5 Å². The van der Waals surface area contributed by atoms with Crippen LogP contribution in [0.3, 0.4) is 0 Å². The van der Waals surface area contributed by atoms with E-state index in [-0.39, 0.29) is 26.3 Å². The van der Waals surface area contributed by atoms with Gasteiger partial charge in [0.25, 0.3) is 10.1 Å². The largest absolute Gasteiger partial charge is 0.481 e. The lowest BCUT2D eigenvalue weighted by Gasteiger charge is -2.57. The second-order valence-electron chi connectivity index (χ2n) is 9.67. The summed E-state index contributed by atoms with van der Waals surface area (Å²) in [5.74, 6) is -2.11. The molecule has 0 bridgehead atoms. The van der Waals surface area contributed by atoms with Crippen molar-refractivity contribution in [1.82, 2.24) is 10.6 Å². The third-order valence-electron chi connectivity index (χ3n) is 5.71. The van der Waals surface area contributed by atoms with Gasteiger partial charge in [0.2, 0.25) is 11.8 Å². The molecule has 0 saturated carbocycles. The Hall–Kier alpha value is -2.67. The minimum Gasteiger partial charge on any atom is -0.481 e. The molecule has 10 nitrogen and oxygen atoms in total. The molecule has 0 radical (unpaired) electrons. The zero-order chi connectivity index (χ0) is 27.5. The van der Waals surface area contributed by atoms with Crippen molar-refractivity contribution < 1.29 is 32.5 Å². The molecular weight excluding hydrogens is 506 g/mol. The molecule has 2 atom stereocenters. The van der Waals surface area contributed by atoms with E-state index in [1.54, 1.807) is 30.8 Å². The van der Waals surface area contributed by atoms with Gasteiger partial charge in [0, 0.05) is 9.49 Å². The molecule has 0 spiro atoms. The van der Waals surface area contributed by atoms with Gasteiger partial charge in [0.05, 0.1) is 23.4 Å². The first-order valence-electron chi connectivity index (χ1n) is 11.2. The fourth-order valence-electron chi connectivity index (χ4n) is 4.18. The number of hydrogen-bond acceptors (Lipinski definition) is 7. The van der Waals surface area contributed by atoms with Gasteiger partial charge in [0.15, 0.2) is 0 Å². The van der Waals surface area contributed by atoms with Gasteiger partial charge in [-0.05, 0) is 57.5 Å². The van der Waals surface area contributed by atoms with E-state index in [0.717, 1.165) is 10.8 Å². The average Bonchev–Trinajstić information content (AvgIpc) is 2.75. The maximum absolute atomic E-state index is 12.2. The molecular formula is C24H33N3O7S2. The van der Waals surface area contributed by atoms with Crippen LogP contribution >= 0.6 is 11.8 Å². The highest BCUT2D eigenvalue weighted by molar-refractivity contribution is 8.03. The number of thioether (sulfide) groups is 1. The van der Waals surface area contributed by atoms with Crippen LogP contribution in [0.1, 0.15) is 41.0 Å². The van der Waals surface area contributed by atoms with E-state index in [9.17, 15) is 22.8 Å². The molecule has 0 aliphatic carbocycles. The molecule has 3 rings (SSSR count). The van der Waals surface area contributed by atoms with Crippen molar-refractivity contribution in [3.63, 3.8) is 0 Å².